The van der Waals surface area contributed by atoms with Crippen molar-refractivity contribution in [3.8, 4) is 11.4 Å². The van der Waals surface area contributed by atoms with Crippen molar-refractivity contribution < 1.29 is 13.7 Å². The van der Waals surface area contributed by atoms with Crippen LogP contribution in [0.5, 0.6) is 0 Å². The van der Waals surface area contributed by atoms with Crippen molar-refractivity contribution >= 4 is 5.78 Å². The Bertz CT molecular complexity index is 635. The van der Waals surface area contributed by atoms with E-state index in [0.29, 0.717) is 17.0 Å². The van der Waals surface area contributed by atoms with Crippen LogP contribution < -0.4 is 0 Å². The standard InChI is InChI=1S/C15H17FN2O2/c1-8(2)13(10(4)19)15-17-14(18-20-15)11-6-5-9(3)12(16)7-11/h5-8,13H,1-4H3. The molecule has 1 atom stereocenters. The third-order valence-corrected chi connectivity index (χ3v) is 3.24. The van der Waals surface area contributed by atoms with Gasteiger partial charge in [-0.3, -0.25) is 4.79 Å². The number of rotatable bonds is 4. The summed E-state index contributed by atoms with van der Waals surface area (Å²) in [6.45, 7) is 7.02. The van der Waals surface area contributed by atoms with Gasteiger partial charge in [-0.15, -0.1) is 0 Å². The van der Waals surface area contributed by atoms with Gasteiger partial charge in [0.1, 0.15) is 11.6 Å². The summed E-state index contributed by atoms with van der Waals surface area (Å²) in [5, 5.41) is 3.84. The fourth-order valence-electron chi connectivity index (χ4n) is 2.14. The summed E-state index contributed by atoms with van der Waals surface area (Å²) < 4.78 is 18.7. The van der Waals surface area contributed by atoms with Gasteiger partial charge in [0.15, 0.2) is 0 Å². The molecule has 2 rings (SSSR count). The highest BCUT2D eigenvalue weighted by Gasteiger charge is 2.27. The highest BCUT2D eigenvalue weighted by Crippen LogP contribution is 2.26. The molecule has 1 aromatic carbocycles. The first-order valence-corrected chi connectivity index (χ1v) is 6.50. The van der Waals surface area contributed by atoms with Gasteiger partial charge in [-0.25, -0.2) is 4.39 Å². The summed E-state index contributed by atoms with van der Waals surface area (Å²) in [5.74, 6) is -0.123. The second kappa shape index (κ2) is 5.53. The van der Waals surface area contributed by atoms with Crippen LogP contribution in [-0.2, 0) is 4.79 Å². The van der Waals surface area contributed by atoms with E-state index in [2.05, 4.69) is 10.1 Å². The average Bonchev–Trinajstić information content (AvgIpc) is 2.81. The molecule has 0 bridgehead atoms. The van der Waals surface area contributed by atoms with Gasteiger partial charge in [0.2, 0.25) is 11.7 Å². The van der Waals surface area contributed by atoms with E-state index < -0.39 is 5.92 Å². The monoisotopic (exact) mass is 276 g/mol. The lowest BCUT2D eigenvalue weighted by atomic mass is 9.92. The number of carbonyl (C=O) groups is 1. The Hall–Kier alpha value is -2.04. The number of halogens is 1. The van der Waals surface area contributed by atoms with Crippen molar-refractivity contribution in [2.45, 2.75) is 33.6 Å². The van der Waals surface area contributed by atoms with Crippen LogP contribution in [0.4, 0.5) is 4.39 Å². The van der Waals surface area contributed by atoms with Crippen LogP contribution in [-0.4, -0.2) is 15.9 Å². The zero-order valence-electron chi connectivity index (χ0n) is 12.0. The largest absolute Gasteiger partial charge is 0.338 e. The Balaban J connectivity index is 2.37. The molecular formula is C15H17FN2O2. The molecule has 0 fully saturated rings. The van der Waals surface area contributed by atoms with E-state index in [1.165, 1.54) is 13.0 Å². The lowest BCUT2D eigenvalue weighted by Gasteiger charge is -2.12. The Morgan fingerprint density at radius 3 is 2.60 bits per heavy atom. The number of carbonyl (C=O) groups excluding carboxylic acids is 1. The number of benzene rings is 1. The van der Waals surface area contributed by atoms with Crippen LogP contribution in [0.25, 0.3) is 11.4 Å². The molecule has 2 aromatic rings. The number of hydrogen-bond donors (Lipinski definition) is 0. The number of ketones is 1. The minimum Gasteiger partial charge on any atom is -0.338 e. The zero-order valence-corrected chi connectivity index (χ0v) is 12.0. The molecule has 0 aliphatic heterocycles. The molecule has 1 heterocycles. The smallest absolute Gasteiger partial charge is 0.237 e. The Morgan fingerprint density at radius 1 is 1.35 bits per heavy atom. The molecule has 106 valence electrons. The molecule has 4 nitrogen and oxygen atoms in total. The molecule has 0 N–H and O–H groups in total. The molecule has 0 spiro atoms. The first-order chi connectivity index (χ1) is 9.40. The molecule has 0 aliphatic rings. The van der Waals surface area contributed by atoms with Crippen molar-refractivity contribution in [3.05, 3.63) is 35.5 Å². The summed E-state index contributed by atoms with van der Waals surface area (Å²) in [5.41, 5.74) is 1.09. The Kier molecular flexibility index (Phi) is 3.97. The van der Waals surface area contributed by atoms with Crippen LogP contribution in [0.1, 0.15) is 38.1 Å². The fraction of sp³-hybridized carbons (Fsp3) is 0.400. The lowest BCUT2D eigenvalue weighted by molar-refractivity contribution is -0.119. The Labute approximate surface area is 117 Å². The first-order valence-electron chi connectivity index (χ1n) is 6.50. The maximum atomic E-state index is 13.5. The van der Waals surface area contributed by atoms with Gasteiger partial charge >= 0.3 is 0 Å². The SMILES string of the molecule is CC(=O)C(c1nc(-c2ccc(C)c(F)c2)no1)C(C)C. The third kappa shape index (κ3) is 2.76. The van der Waals surface area contributed by atoms with E-state index in [9.17, 15) is 9.18 Å². The second-order valence-electron chi connectivity index (χ2n) is 5.25. The van der Waals surface area contributed by atoms with Crippen LogP contribution in [0, 0.1) is 18.7 Å². The highest BCUT2D eigenvalue weighted by atomic mass is 19.1. The number of aromatic nitrogens is 2. The predicted octanol–water partition coefficient (Wildman–Crippen LogP) is 3.51. The van der Waals surface area contributed by atoms with Gasteiger partial charge < -0.3 is 4.52 Å². The topological polar surface area (TPSA) is 56.0 Å². The van der Waals surface area contributed by atoms with E-state index in [0.717, 1.165) is 0 Å². The second-order valence-corrected chi connectivity index (χ2v) is 5.25. The number of nitrogens with zero attached hydrogens (tertiary/aromatic N) is 2. The van der Waals surface area contributed by atoms with Crippen molar-refractivity contribution in [1.29, 1.82) is 0 Å². The van der Waals surface area contributed by atoms with E-state index in [-0.39, 0.29) is 23.4 Å². The highest BCUT2D eigenvalue weighted by molar-refractivity contribution is 5.82. The molecule has 5 heteroatoms. The van der Waals surface area contributed by atoms with E-state index >= 15 is 0 Å². The van der Waals surface area contributed by atoms with Gasteiger partial charge in [-0.1, -0.05) is 31.1 Å². The molecule has 1 aromatic heterocycles. The molecular weight excluding hydrogens is 259 g/mol. The van der Waals surface area contributed by atoms with Crippen molar-refractivity contribution in [1.82, 2.24) is 10.1 Å². The summed E-state index contributed by atoms with van der Waals surface area (Å²) in [4.78, 5) is 15.9. The molecule has 0 saturated heterocycles. The molecule has 1 unspecified atom stereocenters. The number of aryl methyl sites for hydroxylation is 1. The number of hydrogen-bond acceptors (Lipinski definition) is 4. The van der Waals surface area contributed by atoms with Gasteiger partial charge in [0.25, 0.3) is 0 Å². The zero-order chi connectivity index (χ0) is 14.9. The molecule has 0 aliphatic carbocycles. The maximum absolute atomic E-state index is 13.5. The summed E-state index contributed by atoms with van der Waals surface area (Å²) >= 11 is 0. The summed E-state index contributed by atoms with van der Waals surface area (Å²) in [6, 6.07) is 4.75. The normalized spacial score (nSPS) is 12.7. The molecule has 0 radical (unpaired) electrons. The third-order valence-electron chi connectivity index (χ3n) is 3.24. The quantitative estimate of drug-likeness (QED) is 0.857. The molecule has 0 saturated carbocycles. The summed E-state index contributed by atoms with van der Waals surface area (Å²) in [7, 11) is 0. The average molecular weight is 276 g/mol. The van der Waals surface area contributed by atoms with Crippen LogP contribution in [0.3, 0.4) is 0 Å². The minimum absolute atomic E-state index is 0.0229. The van der Waals surface area contributed by atoms with Gasteiger partial charge in [-0.05, 0) is 31.4 Å². The van der Waals surface area contributed by atoms with Gasteiger partial charge in [0.05, 0.1) is 5.92 Å². The number of Topliss-reactive ketones (excluding diaryl/α,β-unsaturated/α-hetero) is 1. The predicted molar refractivity (Wildman–Crippen MR) is 72.7 cm³/mol. The Morgan fingerprint density at radius 2 is 2.05 bits per heavy atom. The molecule has 20 heavy (non-hydrogen) atoms. The molecule has 0 amide bonds. The van der Waals surface area contributed by atoms with E-state index in [1.54, 1.807) is 19.1 Å². The van der Waals surface area contributed by atoms with Crippen LogP contribution in [0.15, 0.2) is 22.7 Å². The van der Waals surface area contributed by atoms with Gasteiger partial charge in [0, 0.05) is 5.56 Å². The summed E-state index contributed by atoms with van der Waals surface area (Å²) in [6.07, 6.45) is 0. The van der Waals surface area contributed by atoms with E-state index in [4.69, 9.17) is 4.52 Å². The van der Waals surface area contributed by atoms with Crippen molar-refractivity contribution in [3.63, 3.8) is 0 Å². The van der Waals surface area contributed by atoms with Crippen LogP contribution in [0.2, 0.25) is 0 Å². The van der Waals surface area contributed by atoms with E-state index in [1.807, 2.05) is 13.8 Å². The van der Waals surface area contributed by atoms with Crippen LogP contribution >= 0.6 is 0 Å². The first kappa shape index (κ1) is 14.4. The fourth-order valence-corrected chi connectivity index (χ4v) is 2.14. The lowest BCUT2D eigenvalue weighted by Crippen LogP contribution is -2.15. The minimum atomic E-state index is -0.424. The van der Waals surface area contributed by atoms with Crippen molar-refractivity contribution in [2.24, 2.45) is 5.92 Å². The van der Waals surface area contributed by atoms with Gasteiger partial charge in [-0.2, -0.15) is 4.98 Å². The van der Waals surface area contributed by atoms with Crippen molar-refractivity contribution in [2.75, 3.05) is 0 Å². The maximum Gasteiger partial charge on any atom is 0.237 e.